The monoisotopic (exact) mass is 230 g/mol. The van der Waals surface area contributed by atoms with Crippen LogP contribution in [0.4, 0.5) is 0 Å². The first-order valence-electron chi connectivity index (χ1n) is 6.74. The lowest BCUT2D eigenvalue weighted by atomic mass is 9.56. The lowest BCUT2D eigenvalue weighted by Crippen LogP contribution is -2.43. The molecule has 0 heterocycles. The number of benzene rings is 1. The van der Waals surface area contributed by atoms with E-state index in [1.54, 1.807) is 0 Å². The molecule has 1 aromatic carbocycles. The highest BCUT2D eigenvalue weighted by Crippen LogP contribution is 2.62. The molecule has 1 heteroatoms. The van der Waals surface area contributed by atoms with Crippen LogP contribution in [0.15, 0.2) is 24.3 Å². The molecule has 17 heavy (non-hydrogen) atoms. The largest absolute Gasteiger partial charge is 0.388 e. The van der Waals surface area contributed by atoms with Crippen molar-refractivity contribution in [3.63, 3.8) is 0 Å². The minimum atomic E-state index is -0.272. The molecule has 2 aliphatic carbocycles. The smallest absolute Gasteiger partial charge is 0.0834 e. The maximum atomic E-state index is 10.7. The molecule has 1 N–H and O–H groups in total. The zero-order valence-electron chi connectivity index (χ0n) is 11.0. The molecule has 2 unspecified atom stereocenters. The van der Waals surface area contributed by atoms with Crippen LogP contribution in [0.1, 0.15) is 57.3 Å². The van der Waals surface area contributed by atoms with Gasteiger partial charge in [-0.05, 0) is 34.8 Å². The van der Waals surface area contributed by atoms with Crippen molar-refractivity contribution in [3.8, 4) is 0 Å². The maximum Gasteiger partial charge on any atom is 0.0834 e. The SMILES string of the molecule is CC1(C)CCCC2(C)c3ccccc3C(O)[C@@H]12. The molecular weight excluding hydrogens is 208 g/mol. The summed E-state index contributed by atoms with van der Waals surface area (Å²) >= 11 is 0. The van der Waals surface area contributed by atoms with Gasteiger partial charge in [0.05, 0.1) is 6.10 Å². The van der Waals surface area contributed by atoms with Crippen LogP contribution >= 0.6 is 0 Å². The average Bonchev–Trinajstić information content (AvgIpc) is 2.50. The van der Waals surface area contributed by atoms with E-state index in [2.05, 4.69) is 45.0 Å². The Balaban J connectivity index is 2.19. The second kappa shape index (κ2) is 3.35. The van der Waals surface area contributed by atoms with Gasteiger partial charge in [0.15, 0.2) is 0 Å². The Morgan fingerprint density at radius 1 is 1.12 bits per heavy atom. The number of aliphatic hydroxyl groups excluding tert-OH is 1. The van der Waals surface area contributed by atoms with E-state index < -0.39 is 0 Å². The van der Waals surface area contributed by atoms with Crippen molar-refractivity contribution in [1.29, 1.82) is 0 Å². The molecule has 0 aromatic heterocycles. The van der Waals surface area contributed by atoms with Crippen molar-refractivity contribution in [3.05, 3.63) is 35.4 Å². The predicted octanol–water partition coefficient (Wildman–Crippen LogP) is 3.82. The highest BCUT2D eigenvalue weighted by atomic mass is 16.3. The molecule has 1 aromatic rings. The highest BCUT2D eigenvalue weighted by molar-refractivity contribution is 5.43. The van der Waals surface area contributed by atoms with Crippen LogP contribution in [0.3, 0.4) is 0 Å². The van der Waals surface area contributed by atoms with Gasteiger partial charge in [-0.2, -0.15) is 0 Å². The zero-order valence-corrected chi connectivity index (χ0v) is 11.0. The number of hydrogen-bond acceptors (Lipinski definition) is 1. The lowest BCUT2D eigenvalue weighted by molar-refractivity contribution is -0.0272. The van der Waals surface area contributed by atoms with Crippen molar-refractivity contribution < 1.29 is 5.11 Å². The third-order valence-corrected chi connectivity index (χ3v) is 5.26. The fourth-order valence-corrected chi connectivity index (χ4v) is 4.62. The molecular formula is C16H22O. The molecule has 0 saturated heterocycles. The Labute approximate surface area is 104 Å². The normalized spacial score (nSPS) is 38.6. The summed E-state index contributed by atoms with van der Waals surface area (Å²) in [5.41, 5.74) is 2.99. The van der Waals surface area contributed by atoms with E-state index in [-0.39, 0.29) is 16.9 Å². The quantitative estimate of drug-likeness (QED) is 0.718. The van der Waals surface area contributed by atoms with Gasteiger partial charge >= 0.3 is 0 Å². The number of rotatable bonds is 0. The molecule has 1 fully saturated rings. The number of hydrogen-bond donors (Lipinski definition) is 1. The molecule has 2 aliphatic rings. The highest BCUT2D eigenvalue weighted by Gasteiger charge is 2.56. The Kier molecular flexibility index (Phi) is 2.22. The molecule has 0 bridgehead atoms. The molecule has 1 nitrogen and oxygen atoms in total. The van der Waals surface area contributed by atoms with E-state index in [1.807, 2.05) is 0 Å². The van der Waals surface area contributed by atoms with E-state index in [4.69, 9.17) is 0 Å². The summed E-state index contributed by atoms with van der Waals surface area (Å²) in [6.45, 7) is 7.00. The maximum absolute atomic E-state index is 10.7. The molecule has 3 atom stereocenters. The second-order valence-electron chi connectivity index (χ2n) is 6.77. The van der Waals surface area contributed by atoms with Gasteiger partial charge in [-0.1, -0.05) is 51.5 Å². The summed E-state index contributed by atoms with van der Waals surface area (Å²) < 4.78 is 0. The van der Waals surface area contributed by atoms with Crippen molar-refractivity contribution in [2.24, 2.45) is 11.3 Å². The first-order valence-corrected chi connectivity index (χ1v) is 6.74. The van der Waals surface area contributed by atoms with E-state index >= 15 is 0 Å². The van der Waals surface area contributed by atoms with Gasteiger partial charge in [-0.15, -0.1) is 0 Å². The Morgan fingerprint density at radius 3 is 2.59 bits per heavy atom. The van der Waals surface area contributed by atoms with Gasteiger partial charge in [0.2, 0.25) is 0 Å². The van der Waals surface area contributed by atoms with Gasteiger partial charge in [-0.25, -0.2) is 0 Å². The van der Waals surface area contributed by atoms with Crippen LogP contribution in [0.5, 0.6) is 0 Å². The number of aliphatic hydroxyl groups is 1. The molecule has 0 radical (unpaired) electrons. The molecule has 1 saturated carbocycles. The standard InChI is InChI=1S/C16H22O/c1-15(2)9-6-10-16(3)12-8-5-4-7-11(12)13(17)14(15)16/h4-5,7-8,13-14,17H,6,9-10H2,1-3H3/t13?,14-,16?/m0/s1. The van der Waals surface area contributed by atoms with E-state index in [1.165, 1.54) is 30.4 Å². The molecule has 0 spiro atoms. The fourth-order valence-electron chi connectivity index (χ4n) is 4.62. The van der Waals surface area contributed by atoms with E-state index in [0.717, 1.165) is 0 Å². The van der Waals surface area contributed by atoms with Gasteiger partial charge in [0.1, 0.15) is 0 Å². The summed E-state index contributed by atoms with van der Waals surface area (Å²) in [5, 5.41) is 10.7. The Hall–Kier alpha value is -0.820. The summed E-state index contributed by atoms with van der Waals surface area (Å²) in [6.07, 6.45) is 3.46. The van der Waals surface area contributed by atoms with Crippen LogP contribution in [0, 0.1) is 11.3 Å². The summed E-state index contributed by atoms with van der Waals surface area (Å²) in [4.78, 5) is 0. The van der Waals surface area contributed by atoms with Crippen molar-refractivity contribution in [2.45, 2.75) is 51.6 Å². The summed E-state index contributed by atoms with van der Waals surface area (Å²) in [5.74, 6) is 0.376. The minimum Gasteiger partial charge on any atom is -0.388 e. The Bertz CT molecular complexity index is 449. The van der Waals surface area contributed by atoms with Crippen LogP contribution in [0.2, 0.25) is 0 Å². The van der Waals surface area contributed by atoms with Crippen LogP contribution in [-0.2, 0) is 5.41 Å². The molecule has 0 aliphatic heterocycles. The van der Waals surface area contributed by atoms with Gasteiger partial charge in [0, 0.05) is 5.92 Å². The predicted molar refractivity (Wildman–Crippen MR) is 69.9 cm³/mol. The fraction of sp³-hybridized carbons (Fsp3) is 0.625. The topological polar surface area (TPSA) is 20.2 Å². The van der Waals surface area contributed by atoms with Crippen molar-refractivity contribution in [1.82, 2.24) is 0 Å². The first-order chi connectivity index (χ1) is 7.97. The third kappa shape index (κ3) is 1.35. The number of fused-ring (bicyclic) bond motifs is 3. The summed E-state index contributed by atoms with van der Waals surface area (Å²) in [7, 11) is 0. The lowest BCUT2D eigenvalue weighted by Gasteiger charge is -2.48. The Morgan fingerprint density at radius 2 is 1.82 bits per heavy atom. The summed E-state index contributed by atoms with van der Waals surface area (Å²) in [6, 6.07) is 8.50. The van der Waals surface area contributed by atoms with E-state index in [0.29, 0.717) is 5.92 Å². The van der Waals surface area contributed by atoms with Crippen molar-refractivity contribution in [2.75, 3.05) is 0 Å². The first kappa shape index (κ1) is 11.3. The zero-order chi connectivity index (χ0) is 12.3. The van der Waals surface area contributed by atoms with Gasteiger partial charge in [0.25, 0.3) is 0 Å². The van der Waals surface area contributed by atoms with Gasteiger partial charge < -0.3 is 5.11 Å². The molecule has 0 amide bonds. The van der Waals surface area contributed by atoms with Crippen LogP contribution in [-0.4, -0.2) is 5.11 Å². The average molecular weight is 230 g/mol. The minimum absolute atomic E-state index is 0.178. The van der Waals surface area contributed by atoms with Crippen LogP contribution in [0.25, 0.3) is 0 Å². The van der Waals surface area contributed by atoms with E-state index in [9.17, 15) is 5.11 Å². The molecule has 3 rings (SSSR count). The van der Waals surface area contributed by atoms with Crippen molar-refractivity contribution >= 4 is 0 Å². The second-order valence-corrected chi connectivity index (χ2v) is 6.77. The van der Waals surface area contributed by atoms with Crippen LogP contribution < -0.4 is 0 Å². The van der Waals surface area contributed by atoms with Gasteiger partial charge in [-0.3, -0.25) is 0 Å². The third-order valence-electron chi connectivity index (χ3n) is 5.26. The molecule has 92 valence electrons.